The highest BCUT2D eigenvalue weighted by Crippen LogP contribution is 2.23. The van der Waals surface area contributed by atoms with Crippen LogP contribution in [-0.4, -0.2) is 5.78 Å². The highest BCUT2D eigenvalue weighted by Gasteiger charge is 2.22. The molecule has 2 nitrogen and oxygen atoms in total. The molecule has 2 heteroatoms. The van der Waals surface area contributed by atoms with Gasteiger partial charge >= 0.3 is 0 Å². The molecule has 0 aliphatic rings. The zero-order chi connectivity index (χ0) is 12.1. The number of carbonyl (C=O) groups is 1. The van der Waals surface area contributed by atoms with Gasteiger partial charge in [-0.2, -0.15) is 0 Å². The summed E-state index contributed by atoms with van der Waals surface area (Å²) in [5, 5.41) is 0. The van der Waals surface area contributed by atoms with E-state index in [1.54, 1.807) is 0 Å². The van der Waals surface area contributed by atoms with Gasteiger partial charge in [-0.1, -0.05) is 26.7 Å². The van der Waals surface area contributed by atoms with Crippen LogP contribution >= 0.6 is 0 Å². The molecular formula is C14H22O2. The van der Waals surface area contributed by atoms with E-state index in [2.05, 4.69) is 13.8 Å². The normalized spacial score (nSPS) is 11.1. The summed E-state index contributed by atoms with van der Waals surface area (Å²) in [4.78, 5) is 12.3. The third-order valence-electron chi connectivity index (χ3n) is 2.95. The number of ketones is 1. The second-order valence-corrected chi connectivity index (χ2v) is 4.47. The lowest BCUT2D eigenvalue weighted by Crippen LogP contribution is -2.14. The molecule has 0 aliphatic carbocycles. The minimum atomic E-state index is 0.172. The molecule has 1 aromatic rings. The fourth-order valence-corrected chi connectivity index (χ4v) is 2.20. The van der Waals surface area contributed by atoms with Crippen molar-refractivity contribution in [1.29, 1.82) is 0 Å². The third-order valence-corrected chi connectivity index (χ3v) is 2.95. The number of carbonyl (C=O) groups excluding carboxylic acids is 1. The molecule has 0 fully saturated rings. The molecule has 0 aliphatic heterocycles. The maximum absolute atomic E-state index is 12.3. The van der Waals surface area contributed by atoms with Crippen LogP contribution in [0.4, 0.5) is 0 Å². The Hall–Kier alpha value is -1.05. The molecule has 0 spiro atoms. The Kier molecular flexibility index (Phi) is 4.78. The summed E-state index contributed by atoms with van der Waals surface area (Å²) >= 11 is 0. The molecule has 16 heavy (non-hydrogen) atoms. The number of aryl methyl sites for hydroxylation is 2. The molecular weight excluding hydrogens is 200 g/mol. The van der Waals surface area contributed by atoms with E-state index in [4.69, 9.17) is 4.42 Å². The van der Waals surface area contributed by atoms with Crippen molar-refractivity contribution in [1.82, 2.24) is 0 Å². The smallest absolute Gasteiger partial charge is 0.169 e. The largest absolute Gasteiger partial charge is 0.466 e. The Morgan fingerprint density at radius 1 is 1.25 bits per heavy atom. The number of hydrogen-bond acceptors (Lipinski definition) is 2. The lowest BCUT2D eigenvalue weighted by molar-refractivity contribution is 0.0903. The molecule has 1 rings (SSSR count). The predicted octanol–water partition coefficient (Wildman–Crippen LogP) is 4.30. The fraction of sp³-hybridized carbons (Fsp3) is 0.643. The van der Waals surface area contributed by atoms with Crippen LogP contribution in [0.15, 0.2) is 10.5 Å². The van der Waals surface area contributed by atoms with Crippen molar-refractivity contribution in [3.63, 3.8) is 0 Å². The van der Waals surface area contributed by atoms with Gasteiger partial charge in [0.2, 0.25) is 0 Å². The lowest BCUT2D eigenvalue weighted by atomic mass is 9.90. The standard InChI is InChI=1S/C14H22O2/c1-5-7-12(8-6-2)14(15)13-9-10(3)16-11(13)4/h9,12H,5-8H2,1-4H3. The van der Waals surface area contributed by atoms with Gasteiger partial charge in [0.15, 0.2) is 5.78 Å². The minimum absolute atomic E-state index is 0.172. The Balaban J connectivity index is 2.85. The molecule has 0 bridgehead atoms. The zero-order valence-electron chi connectivity index (χ0n) is 10.8. The van der Waals surface area contributed by atoms with E-state index < -0.39 is 0 Å². The van der Waals surface area contributed by atoms with E-state index in [0.29, 0.717) is 0 Å². The highest BCUT2D eigenvalue weighted by molar-refractivity contribution is 5.98. The number of Topliss-reactive ketones (excluding diaryl/α,β-unsaturated/α-hetero) is 1. The third kappa shape index (κ3) is 2.97. The van der Waals surface area contributed by atoms with Crippen LogP contribution in [0.5, 0.6) is 0 Å². The summed E-state index contributed by atoms with van der Waals surface area (Å²) in [5.74, 6) is 2.02. The van der Waals surface area contributed by atoms with Crippen LogP contribution in [0, 0.1) is 19.8 Å². The molecule has 0 N–H and O–H groups in total. The Labute approximate surface area is 98.0 Å². The van der Waals surface area contributed by atoms with Crippen LogP contribution in [0.2, 0.25) is 0 Å². The molecule has 0 amide bonds. The average Bonchev–Trinajstić information content (AvgIpc) is 2.56. The highest BCUT2D eigenvalue weighted by atomic mass is 16.3. The molecule has 0 saturated carbocycles. The van der Waals surface area contributed by atoms with Crippen LogP contribution in [0.25, 0.3) is 0 Å². The van der Waals surface area contributed by atoms with Crippen LogP contribution in [0.1, 0.15) is 61.4 Å². The van der Waals surface area contributed by atoms with Gasteiger partial charge in [-0.3, -0.25) is 4.79 Å². The van der Waals surface area contributed by atoms with E-state index in [9.17, 15) is 4.79 Å². The second-order valence-electron chi connectivity index (χ2n) is 4.47. The van der Waals surface area contributed by atoms with Crippen LogP contribution in [-0.2, 0) is 0 Å². The van der Waals surface area contributed by atoms with Crippen LogP contribution in [0.3, 0.4) is 0 Å². The van der Waals surface area contributed by atoms with Gasteiger partial charge in [0.25, 0.3) is 0 Å². The molecule has 0 saturated heterocycles. The van der Waals surface area contributed by atoms with Crippen molar-refractivity contribution in [3.8, 4) is 0 Å². The lowest BCUT2D eigenvalue weighted by Gasteiger charge is -2.13. The summed E-state index contributed by atoms with van der Waals surface area (Å²) in [5.41, 5.74) is 0.782. The molecule has 90 valence electrons. The predicted molar refractivity (Wildman–Crippen MR) is 65.8 cm³/mol. The van der Waals surface area contributed by atoms with Gasteiger partial charge in [-0.15, -0.1) is 0 Å². The summed E-state index contributed by atoms with van der Waals surface area (Å²) < 4.78 is 5.42. The van der Waals surface area contributed by atoms with Crippen molar-refractivity contribution in [2.75, 3.05) is 0 Å². The first-order valence-electron chi connectivity index (χ1n) is 6.21. The van der Waals surface area contributed by atoms with E-state index in [0.717, 1.165) is 42.8 Å². The van der Waals surface area contributed by atoms with E-state index in [1.165, 1.54) is 0 Å². The summed E-state index contributed by atoms with van der Waals surface area (Å²) in [7, 11) is 0. The van der Waals surface area contributed by atoms with E-state index in [1.807, 2.05) is 19.9 Å². The summed E-state index contributed by atoms with van der Waals surface area (Å²) in [6, 6.07) is 1.87. The molecule has 0 aromatic carbocycles. The topological polar surface area (TPSA) is 30.2 Å². The number of furan rings is 1. The minimum Gasteiger partial charge on any atom is -0.466 e. The van der Waals surface area contributed by atoms with Gasteiger partial charge in [-0.25, -0.2) is 0 Å². The second kappa shape index (κ2) is 5.88. The number of rotatable bonds is 6. The maximum Gasteiger partial charge on any atom is 0.169 e. The van der Waals surface area contributed by atoms with Crippen molar-refractivity contribution in [2.45, 2.75) is 53.4 Å². The quantitative estimate of drug-likeness (QED) is 0.672. The fourth-order valence-electron chi connectivity index (χ4n) is 2.20. The van der Waals surface area contributed by atoms with Crippen LogP contribution < -0.4 is 0 Å². The van der Waals surface area contributed by atoms with Gasteiger partial charge in [0, 0.05) is 5.92 Å². The molecule has 0 radical (unpaired) electrons. The zero-order valence-corrected chi connectivity index (χ0v) is 10.8. The van der Waals surface area contributed by atoms with Gasteiger partial charge in [0.05, 0.1) is 5.56 Å². The van der Waals surface area contributed by atoms with Crippen molar-refractivity contribution in [3.05, 3.63) is 23.2 Å². The molecule has 1 aromatic heterocycles. The summed E-state index contributed by atoms with van der Waals surface area (Å²) in [6.07, 6.45) is 4.09. The van der Waals surface area contributed by atoms with Gasteiger partial charge < -0.3 is 4.42 Å². The van der Waals surface area contributed by atoms with Crippen molar-refractivity contribution < 1.29 is 9.21 Å². The van der Waals surface area contributed by atoms with E-state index in [-0.39, 0.29) is 11.7 Å². The molecule has 1 heterocycles. The SMILES string of the molecule is CCCC(CCC)C(=O)c1cc(C)oc1C. The monoisotopic (exact) mass is 222 g/mol. The summed E-state index contributed by atoms with van der Waals surface area (Å²) in [6.45, 7) is 8.01. The first-order chi connectivity index (χ1) is 7.60. The van der Waals surface area contributed by atoms with Gasteiger partial charge in [-0.05, 0) is 32.8 Å². The number of hydrogen-bond donors (Lipinski definition) is 0. The maximum atomic E-state index is 12.3. The molecule has 0 atom stereocenters. The Morgan fingerprint density at radius 2 is 1.81 bits per heavy atom. The average molecular weight is 222 g/mol. The first-order valence-corrected chi connectivity index (χ1v) is 6.21. The first kappa shape index (κ1) is 13.0. The van der Waals surface area contributed by atoms with Gasteiger partial charge in [0.1, 0.15) is 11.5 Å². The Morgan fingerprint density at radius 3 is 2.19 bits per heavy atom. The molecule has 0 unspecified atom stereocenters. The van der Waals surface area contributed by atoms with E-state index >= 15 is 0 Å². The Bertz CT molecular complexity index is 344. The van der Waals surface area contributed by atoms with Crippen molar-refractivity contribution >= 4 is 5.78 Å². The van der Waals surface area contributed by atoms with Crippen molar-refractivity contribution in [2.24, 2.45) is 5.92 Å².